The largest absolute Gasteiger partial charge is 0.399 e. The van der Waals surface area contributed by atoms with Crippen LogP contribution in [0.2, 0.25) is 0 Å². The van der Waals surface area contributed by atoms with E-state index in [0.717, 1.165) is 28.1 Å². The van der Waals surface area contributed by atoms with Gasteiger partial charge in [-0.25, -0.2) is 0 Å². The summed E-state index contributed by atoms with van der Waals surface area (Å²) < 4.78 is 0. The number of nitrogen functional groups attached to an aromatic ring is 2. The summed E-state index contributed by atoms with van der Waals surface area (Å²) in [6.45, 7) is 0.510. The van der Waals surface area contributed by atoms with Gasteiger partial charge in [0, 0.05) is 23.5 Å². The van der Waals surface area contributed by atoms with Crippen molar-refractivity contribution in [3.63, 3.8) is 0 Å². The lowest BCUT2D eigenvalue weighted by Gasteiger charge is -2.08. The molecule has 0 amide bonds. The van der Waals surface area contributed by atoms with E-state index in [4.69, 9.17) is 17.2 Å². The Hall–Kier alpha value is -2.00. The first-order chi connectivity index (χ1) is 7.70. The number of nitrogens with two attached hydrogens (primary N) is 3. The number of anilines is 2. The molecule has 3 heteroatoms. The lowest BCUT2D eigenvalue weighted by atomic mass is 10.0. The Labute approximate surface area is 94.9 Å². The standard InChI is InChI=1S/C13H15N3/c14-8-9-4-5-13(16)12(6-9)10-2-1-3-11(15)7-10/h1-7H,8,14-16H2. The minimum absolute atomic E-state index is 0.510. The maximum Gasteiger partial charge on any atom is 0.0393 e. The van der Waals surface area contributed by atoms with E-state index in [0.29, 0.717) is 6.54 Å². The fourth-order valence-electron chi connectivity index (χ4n) is 1.69. The summed E-state index contributed by atoms with van der Waals surface area (Å²) in [6.07, 6.45) is 0. The normalized spacial score (nSPS) is 10.3. The molecule has 2 aromatic carbocycles. The van der Waals surface area contributed by atoms with Gasteiger partial charge in [0.1, 0.15) is 0 Å². The van der Waals surface area contributed by atoms with E-state index in [1.54, 1.807) is 0 Å². The van der Waals surface area contributed by atoms with Crippen LogP contribution < -0.4 is 17.2 Å². The van der Waals surface area contributed by atoms with Gasteiger partial charge < -0.3 is 17.2 Å². The van der Waals surface area contributed by atoms with Gasteiger partial charge in [-0.05, 0) is 35.4 Å². The molecule has 0 aliphatic rings. The Morgan fingerprint density at radius 3 is 2.44 bits per heavy atom. The predicted octanol–water partition coefficient (Wildman–Crippen LogP) is 1.98. The zero-order valence-electron chi connectivity index (χ0n) is 8.98. The molecule has 0 saturated heterocycles. The van der Waals surface area contributed by atoms with Gasteiger partial charge >= 0.3 is 0 Å². The van der Waals surface area contributed by atoms with Crippen LogP contribution >= 0.6 is 0 Å². The summed E-state index contributed by atoms with van der Waals surface area (Å²) in [5.74, 6) is 0. The lowest BCUT2D eigenvalue weighted by Crippen LogP contribution is -1.98. The molecule has 0 unspecified atom stereocenters. The number of hydrogen-bond donors (Lipinski definition) is 3. The topological polar surface area (TPSA) is 78.1 Å². The predicted molar refractivity (Wildman–Crippen MR) is 68.6 cm³/mol. The Morgan fingerprint density at radius 1 is 0.938 bits per heavy atom. The first-order valence-corrected chi connectivity index (χ1v) is 5.15. The summed E-state index contributed by atoms with van der Waals surface area (Å²) in [5.41, 5.74) is 21.8. The number of benzene rings is 2. The third kappa shape index (κ3) is 1.99. The zero-order valence-corrected chi connectivity index (χ0v) is 8.98. The highest BCUT2D eigenvalue weighted by molar-refractivity contribution is 5.78. The molecule has 6 N–H and O–H groups in total. The summed E-state index contributed by atoms with van der Waals surface area (Å²) in [6, 6.07) is 13.5. The van der Waals surface area contributed by atoms with E-state index >= 15 is 0 Å². The van der Waals surface area contributed by atoms with Gasteiger partial charge in [-0.3, -0.25) is 0 Å². The smallest absolute Gasteiger partial charge is 0.0393 e. The van der Waals surface area contributed by atoms with Crippen LogP contribution in [0.25, 0.3) is 11.1 Å². The SMILES string of the molecule is NCc1ccc(N)c(-c2cccc(N)c2)c1. The van der Waals surface area contributed by atoms with Gasteiger partial charge in [0.05, 0.1) is 0 Å². The van der Waals surface area contributed by atoms with Crippen LogP contribution in [0.3, 0.4) is 0 Å². The Balaban J connectivity index is 2.54. The van der Waals surface area contributed by atoms with Crippen LogP contribution in [-0.4, -0.2) is 0 Å². The van der Waals surface area contributed by atoms with E-state index in [1.165, 1.54) is 0 Å². The molecule has 16 heavy (non-hydrogen) atoms. The van der Waals surface area contributed by atoms with E-state index in [2.05, 4.69) is 0 Å². The number of rotatable bonds is 2. The molecule has 2 rings (SSSR count). The van der Waals surface area contributed by atoms with Crippen molar-refractivity contribution in [2.45, 2.75) is 6.54 Å². The fraction of sp³-hybridized carbons (Fsp3) is 0.0769. The molecule has 0 heterocycles. The third-order valence-electron chi connectivity index (χ3n) is 2.55. The van der Waals surface area contributed by atoms with Crippen LogP contribution in [-0.2, 0) is 6.54 Å². The molecule has 0 fully saturated rings. The quantitative estimate of drug-likeness (QED) is 0.667. The van der Waals surface area contributed by atoms with Crippen molar-refractivity contribution in [1.82, 2.24) is 0 Å². The summed E-state index contributed by atoms with van der Waals surface area (Å²) >= 11 is 0. The first kappa shape index (κ1) is 10.5. The highest BCUT2D eigenvalue weighted by Crippen LogP contribution is 2.28. The third-order valence-corrected chi connectivity index (χ3v) is 2.55. The van der Waals surface area contributed by atoms with Crippen molar-refractivity contribution in [3.8, 4) is 11.1 Å². The number of hydrogen-bond acceptors (Lipinski definition) is 3. The fourth-order valence-corrected chi connectivity index (χ4v) is 1.69. The van der Waals surface area contributed by atoms with Crippen molar-refractivity contribution < 1.29 is 0 Å². The minimum atomic E-state index is 0.510. The van der Waals surface area contributed by atoms with Crippen LogP contribution in [0.5, 0.6) is 0 Å². The van der Waals surface area contributed by atoms with Gasteiger partial charge in [-0.1, -0.05) is 18.2 Å². The molecule has 0 bridgehead atoms. The monoisotopic (exact) mass is 213 g/mol. The van der Waals surface area contributed by atoms with Crippen LogP contribution in [0.4, 0.5) is 11.4 Å². The maximum absolute atomic E-state index is 5.94. The summed E-state index contributed by atoms with van der Waals surface area (Å²) in [4.78, 5) is 0. The zero-order chi connectivity index (χ0) is 11.5. The molecule has 0 radical (unpaired) electrons. The molecule has 82 valence electrons. The second kappa shape index (κ2) is 4.24. The minimum Gasteiger partial charge on any atom is -0.399 e. The average Bonchev–Trinajstić information content (AvgIpc) is 2.30. The average molecular weight is 213 g/mol. The van der Waals surface area contributed by atoms with Gasteiger partial charge in [0.2, 0.25) is 0 Å². The van der Waals surface area contributed by atoms with E-state index in [9.17, 15) is 0 Å². The second-order valence-corrected chi connectivity index (χ2v) is 3.75. The van der Waals surface area contributed by atoms with Crippen molar-refractivity contribution in [2.24, 2.45) is 5.73 Å². The van der Waals surface area contributed by atoms with E-state index in [-0.39, 0.29) is 0 Å². The molecule has 0 spiro atoms. The maximum atomic E-state index is 5.94. The first-order valence-electron chi connectivity index (χ1n) is 5.15. The molecular formula is C13H15N3. The Bertz CT molecular complexity index is 506. The van der Waals surface area contributed by atoms with Crippen molar-refractivity contribution in [2.75, 3.05) is 11.5 Å². The second-order valence-electron chi connectivity index (χ2n) is 3.75. The van der Waals surface area contributed by atoms with Crippen LogP contribution in [0.15, 0.2) is 42.5 Å². The van der Waals surface area contributed by atoms with Crippen molar-refractivity contribution >= 4 is 11.4 Å². The van der Waals surface area contributed by atoms with Gasteiger partial charge in [0.25, 0.3) is 0 Å². The highest BCUT2D eigenvalue weighted by Gasteiger charge is 2.03. The van der Waals surface area contributed by atoms with E-state index in [1.807, 2.05) is 42.5 Å². The van der Waals surface area contributed by atoms with Gasteiger partial charge in [-0.15, -0.1) is 0 Å². The summed E-state index contributed by atoms with van der Waals surface area (Å²) in [7, 11) is 0. The molecule has 0 aromatic heterocycles. The summed E-state index contributed by atoms with van der Waals surface area (Å²) in [5, 5.41) is 0. The van der Waals surface area contributed by atoms with Crippen molar-refractivity contribution in [1.29, 1.82) is 0 Å². The van der Waals surface area contributed by atoms with Crippen LogP contribution in [0, 0.1) is 0 Å². The molecular weight excluding hydrogens is 198 g/mol. The van der Waals surface area contributed by atoms with Gasteiger partial charge in [0.15, 0.2) is 0 Å². The molecule has 0 atom stereocenters. The van der Waals surface area contributed by atoms with Gasteiger partial charge in [-0.2, -0.15) is 0 Å². The lowest BCUT2D eigenvalue weighted by molar-refractivity contribution is 1.07. The van der Waals surface area contributed by atoms with Crippen molar-refractivity contribution in [3.05, 3.63) is 48.0 Å². The molecule has 2 aromatic rings. The molecule has 0 aliphatic carbocycles. The Morgan fingerprint density at radius 2 is 1.75 bits per heavy atom. The highest BCUT2D eigenvalue weighted by atomic mass is 14.6. The Kier molecular flexibility index (Phi) is 2.79. The molecule has 0 saturated carbocycles. The molecule has 0 aliphatic heterocycles. The molecule has 3 nitrogen and oxygen atoms in total. The van der Waals surface area contributed by atoms with E-state index < -0.39 is 0 Å². The van der Waals surface area contributed by atoms with Crippen LogP contribution in [0.1, 0.15) is 5.56 Å².